The molecular weight excluding hydrogens is 381 g/mol. The normalized spacial score (nSPS) is 10.7. The lowest BCUT2D eigenvalue weighted by Gasteiger charge is -2.09. The largest absolute Gasteiger partial charge is 0.477 e. The van der Waals surface area contributed by atoms with Gasteiger partial charge in [-0.25, -0.2) is 13.9 Å². The van der Waals surface area contributed by atoms with Gasteiger partial charge in [-0.3, -0.25) is 9.48 Å². The van der Waals surface area contributed by atoms with Crippen molar-refractivity contribution in [1.29, 1.82) is 0 Å². The molecule has 0 unspecified atom stereocenters. The molecule has 0 saturated heterocycles. The Morgan fingerprint density at radius 1 is 1.24 bits per heavy atom. The number of hydrogen-bond donors (Lipinski definition) is 2. The van der Waals surface area contributed by atoms with Gasteiger partial charge in [-0.2, -0.15) is 10.2 Å². The lowest BCUT2D eigenvalue weighted by Crippen LogP contribution is -2.18. The molecule has 2 heterocycles. The highest BCUT2D eigenvalue weighted by Crippen LogP contribution is 2.21. The smallest absolute Gasteiger partial charge is 0.354 e. The van der Waals surface area contributed by atoms with Crippen molar-refractivity contribution < 1.29 is 23.8 Å². The van der Waals surface area contributed by atoms with Crippen molar-refractivity contribution in [2.45, 2.75) is 33.5 Å². The molecule has 0 aliphatic rings. The number of rotatable bonds is 8. The number of nitrogens with one attached hydrogen (secondary N) is 1. The van der Waals surface area contributed by atoms with Crippen LogP contribution in [0.2, 0.25) is 0 Å². The molecule has 0 aliphatic heterocycles. The van der Waals surface area contributed by atoms with Gasteiger partial charge in [-0.05, 0) is 32.0 Å². The van der Waals surface area contributed by atoms with Gasteiger partial charge in [0.1, 0.15) is 17.3 Å². The Labute approximate surface area is 165 Å². The summed E-state index contributed by atoms with van der Waals surface area (Å²) in [5.74, 6) is -1.42. The molecule has 3 aromatic rings. The second-order valence-corrected chi connectivity index (χ2v) is 6.32. The Kier molecular flexibility index (Phi) is 5.91. The summed E-state index contributed by atoms with van der Waals surface area (Å²) in [6, 6.07) is 7.16. The maximum absolute atomic E-state index is 13.2. The average molecular weight is 401 g/mol. The maximum Gasteiger partial charge on any atom is 0.354 e. The fourth-order valence-electron chi connectivity index (χ4n) is 2.80. The van der Waals surface area contributed by atoms with Gasteiger partial charge in [-0.15, -0.1) is 0 Å². The van der Waals surface area contributed by atoms with Crippen molar-refractivity contribution in [2.24, 2.45) is 0 Å². The summed E-state index contributed by atoms with van der Waals surface area (Å²) in [5, 5.41) is 20.1. The van der Waals surface area contributed by atoms with Crippen LogP contribution in [-0.2, 0) is 18.1 Å². The van der Waals surface area contributed by atoms with Gasteiger partial charge in [0.25, 0.3) is 0 Å². The average Bonchev–Trinajstić information content (AvgIpc) is 3.25. The molecule has 0 saturated carbocycles. The molecule has 0 aliphatic carbocycles. The zero-order valence-corrected chi connectivity index (χ0v) is 15.9. The van der Waals surface area contributed by atoms with E-state index in [1.807, 2.05) is 0 Å². The number of ether oxygens (including phenoxy) is 1. The van der Waals surface area contributed by atoms with Gasteiger partial charge in [0, 0.05) is 18.7 Å². The van der Waals surface area contributed by atoms with Gasteiger partial charge in [-0.1, -0.05) is 6.07 Å². The summed E-state index contributed by atoms with van der Waals surface area (Å²) >= 11 is 0. The van der Waals surface area contributed by atoms with Crippen LogP contribution in [0.25, 0.3) is 0 Å². The molecule has 1 amide bonds. The number of aromatic nitrogens is 4. The van der Waals surface area contributed by atoms with Crippen LogP contribution < -0.4 is 10.1 Å². The second kappa shape index (κ2) is 8.55. The fraction of sp³-hybridized carbons (Fsp3) is 0.263. The monoisotopic (exact) mass is 401 g/mol. The number of carbonyl (C=O) groups is 2. The highest BCUT2D eigenvalue weighted by molar-refractivity contribution is 5.92. The third kappa shape index (κ3) is 4.78. The van der Waals surface area contributed by atoms with Gasteiger partial charge in [0.05, 0.1) is 23.6 Å². The van der Waals surface area contributed by atoms with Crippen molar-refractivity contribution >= 4 is 17.6 Å². The van der Waals surface area contributed by atoms with Crippen LogP contribution in [0.5, 0.6) is 5.75 Å². The molecule has 0 radical (unpaired) electrons. The summed E-state index contributed by atoms with van der Waals surface area (Å²) in [7, 11) is 0. The van der Waals surface area contributed by atoms with E-state index >= 15 is 0 Å². The number of benzene rings is 1. The number of hydrogen-bond acceptors (Lipinski definition) is 5. The van der Waals surface area contributed by atoms with Crippen molar-refractivity contribution in [3.05, 3.63) is 59.4 Å². The molecule has 2 aromatic heterocycles. The number of anilines is 1. The number of halogens is 1. The predicted molar refractivity (Wildman–Crippen MR) is 101 cm³/mol. The highest BCUT2D eigenvalue weighted by atomic mass is 19.1. The molecule has 152 valence electrons. The summed E-state index contributed by atoms with van der Waals surface area (Å²) < 4.78 is 21.6. The summed E-state index contributed by atoms with van der Waals surface area (Å²) in [6.45, 7) is 3.72. The number of amides is 1. The Bertz CT molecular complexity index is 1040. The summed E-state index contributed by atoms with van der Waals surface area (Å²) in [4.78, 5) is 23.4. The second-order valence-electron chi connectivity index (χ2n) is 6.32. The molecule has 0 spiro atoms. The SMILES string of the molecule is Cc1nn(COc2cccc(F)c2)c(C)c1NC(=O)CCn1nccc1C(=O)O. The molecular formula is C19H20FN5O4. The standard InChI is InChI=1S/C19H20FN5O4/c1-12-18(22-17(26)7-9-24-16(19(27)28)6-8-21-24)13(2)25(23-12)11-29-15-5-3-4-14(20)10-15/h3-6,8,10H,7,9,11H2,1-2H3,(H,22,26)(H,27,28). The minimum atomic E-state index is -1.10. The van der Waals surface area contributed by atoms with E-state index in [-0.39, 0.29) is 31.3 Å². The number of carboxylic acids is 1. The third-order valence-corrected chi connectivity index (χ3v) is 4.28. The number of carbonyl (C=O) groups excluding carboxylic acids is 1. The first-order chi connectivity index (χ1) is 13.8. The zero-order valence-electron chi connectivity index (χ0n) is 15.9. The van der Waals surface area contributed by atoms with Crippen molar-refractivity contribution in [2.75, 3.05) is 5.32 Å². The first-order valence-corrected chi connectivity index (χ1v) is 8.82. The first kappa shape index (κ1) is 20.1. The van der Waals surface area contributed by atoms with E-state index in [0.717, 1.165) is 0 Å². The molecule has 10 heteroatoms. The number of carboxylic acid groups (broad SMARTS) is 1. The molecule has 2 N–H and O–H groups in total. The van der Waals surface area contributed by atoms with Crippen LogP contribution in [0.1, 0.15) is 28.3 Å². The third-order valence-electron chi connectivity index (χ3n) is 4.28. The molecule has 0 atom stereocenters. The predicted octanol–water partition coefficient (Wildman–Crippen LogP) is 2.60. The van der Waals surface area contributed by atoms with E-state index in [2.05, 4.69) is 15.5 Å². The molecule has 1 aromatic carbocycles. The number of aryl methyl sites for hydroxylation is 2. The van der Waals surface area contributed by atoms with E-state index < -0.39 is 11.8 Å². The Hall–Kier alpha value is -3.69. The quantitative estimate of drug-likeness (QED) is 0.600. The van der Waals surface area contributed by atoms with Gasteiger partial charge in [0.15, 0.2) is 6.73 Å². The zero-order chi connectivity index (χ0) is 21.0. The van der Waals surface area contributed by atoms with Crippen molar-refractivity contribution in [3.63, 3.8) is 0 Å². The number of aromatic carboxylic acids is 1. The van der Waals surface area contributed by atoms with E-state index in [0.29, 0.717) is 22.8 Å². The molecule has 0 fully saturated rings. The topological polar surface area (TPSA) is 111 Å². The van der Waals surface area contributed by atoms with Gasteiger partial charge >= 0.3 is 5.97 Å². The lowest BCUT2D eigenvalue weighted by molar-refractivity contribution is -0.116. The fourth-order valence-corrected chi connectivity index (χ4v) is 2.80. The van der Waals surface area contributed by atoms with E-state index in [1.54, 1.807) is 30.7 Å². The number of nitrogens with zero attached hydrogens (tertiary/aromatic N) is 4. The first-order valence-electron chi connectivity index (χ1n) is 8.82. The van der Waals surface area contributed by atoms with E-state index in [9.17, 15) is 14.0 Å². The van der Waals surface area contributed by atoms with Crippen LogP contribution >= 0.6 is 0 Å². The summed E-state index contributed by atoms with van der Waals surface area (Å²) in [6.07, 6.45) is 1.42. The lowest BCUT2D eigenvalue weighted by atomic mass is 10.3. The van der Waals surface area contributed by atoms with Crippen molar-refractivity contribution in [1.82, 2.24) is 19.6 Å². The van der Waals surface area contributed by atoms with E-state index in [4.69, 9.17) is 9.84 Å². The molecule has 3 rings (SSSR count). The molecule has 29 heavy (non-hydrogen) atoms. The minimum absolute atomic E-state index is 0.0208. The van der Waals surface area contributed by atoms with Crippen LogP contribution in [0.15, 0.2) is 36.5 Å². The highest BCUT2D eigenvalue weighted by Gasteiger charge is 2.16. The Balaban J connectivity index is 1.61. The van der Waals surface area contributed by atoms with Crippen LogP contribution in [-0.4, -0.2) is 36.5 Å². The molecule has 0 bridgehead atoms. The van der Waals surface area contributed by atoms with Gasteiger partial charge < -0.3 is 15.2 Å². The minimum Gasteiger partial charge on any atom is -0.477 e. The van der Waals surface area contributed by atoms with Crippen LogP contribution in [0.3, 0.4) is 0 Å². The van der Waals surface area contributed by atoms with Crippen LogP contribution in [0.4, 0.5) is 10.1 Å². The summed E-state index contributed by atoms with van der Waals surface area (Å²) in [5.41, 5.74) is 1.85. The van der Waals surface area contributed by atoms with Crippen molar-refractivity contribution in [3.8, 4) is 5.75 Å². The molecule has 9 nitrogen and oxygen atoms in total. The Morgan fingerprint density at radius 3 is 2.76 bits per heavy atom. The van der Waals surface area contributed by atoms with Gasteiger partial charge in [0.2, 0.25) is 5.91 Å². The van der Waals surface area contributed by atoms with E-state index in [1.165, 1.54) is 29.1 Å². The maximum atomic E-state index is 13.2. The van der Waals surface area contributed by atoms with Crippen LogP contribution in [0, 0.1) is 19.7 Å². The Morgan fingerprint density at radius 2 is 2.03 bits per heavy atom.